The highest BCUT2D eigenvalue weighted by Gasteiger charge is 2.17. The molecule has 0 unspecified atom stereocenters. The van der Waals surface area contributed by atoms with E-state index < -0.39 is 5.97 Å². The summed E-state index contributed by atoms with van der Waals surface area (Å²) in [5.41, 5.74) is 2.83. The predicted molar refractivity (Wildman–Crippen MR) is 114 cm³/mol. The molecule has 0 saturated heterocycles. The summed E-state index contributed by atoms with van der Waals surface area (Å²) in [4.78, 5) is 39.7. The summed E-state index contributed by atoms with van der Waals surface area (Å²) in [7, 11) is 0. The molecule has 162 valence electrons. The van der Waals surface area contributed by atoms with Gasteiger partial charge in [0, 0.05) is 25.2 Å². The van der Waals surface area contributed by atoms with E-state index in [0.717, 1.165) is 18.4 Å². The second-order valence-corrected chi connectivity index (χ2v) is 7.58. The molecule has 0 bridgehead atoms. The molecule has 3 aromatic rings. The van der Waals surface area contributed by atoms with Crippen LogP contribution >= 0.6 is 0 Å². The number of aryl methyl sites for hydroxylation is 1. The summed E-state index contributed by atoms with van der Waals surface area (Å²) in [5, 5.41) is 7.39. The number of carbonyl (C=O) groups excluding carboxylic acids is 3. The monoisotopic (exact) mass is 423 g/mol. The van der Waals surface area contributed by atoms with Crippen LogP contribution in [0.3, 0.4) is 0 Å². The molecule has 0 atom stereocenters. The van der Waals surface area contributed by atoms with Crippen LogP contribution in [0.2, 0.25) is 0 Å². The fourth-order valence-corrected chi connectivity index (χ4v) is 3.09. The first-order valence-electron chi connectivity index (χ1n) is 10.1. The average Bonchev–Trinajstić information content (AvgIpc) is 3.18. The number of hydrogen-bond acceptors (Lipinski definition) is 7. The number of carbonyl (C=O) groups is 3. The van der Waals surface area contributed by atoms with Gasteiger partial charge in [-0.1, -0.05) is 43.3 Å². The molecule has 0 radical (unpaired) electrons. The minimum absolute atomic E-state index is 0.0482. The van der Waals surface area contributed by atoms with Crippen LogP contribution in [0.4, 0.5) is 0 Å². The van der Waals surface area contributed by atoms with E-state index in [4.69, 9.17) is 9.26 Å². The summed E-state index contributed by atoms with van der Waals surface area (Å²) in [6, 6.07) is 8.77. The smallest absolute Gasteiger partial charge is 0.340 e. The van der Waals surface area contributed by atoms with Crippen molar-refractivity contribution in [1.82, 2.24) is 15.5 Å². The van der Waals surface area contributed by atoms with Gasteiger partial charge in [0.1, 0.15) is 0 Å². The van der Waals surface area contributed by atoms with E-state index in [1.807, 2.05) is 26.0 Å². The van der Waals surface area contributed by atoms with E-state index in [0.29, 0.717) is 28.9 Å². The first-order valence-corrected chi connectivity index (χ1v) is 10.1. The highest BCUT2D eigenvalue weighted by Crippen LogP contribution is 2.24. The third-order valence-electron chi connectivity index (χ3n) is 4.77. The number of nitrogens with zero attached hydrogens (tertiary/aromatic N) is 2. The fourth-order valence-electron chi connectivity index (χ4n) is 3.09. The molecule has 8 nitrogen and oxygen atoms in total. The number of benzene rings is 1. The summed E-state index contributed by atoms with van der Waals surface area (Å²) in [6.45, 7) is 5.67. The van der Waals surface area contributed by atoms with Crippen molar-refractivity contribution in [3.63, 3.8) is 0 Å². The Bertz CT molecular complexity index is 1090. The van der Waals surface area contributed by atoms with Crippen LogP contribution in [-0.2, 0) is 16.0 Å². The second-order valence-electron chi connectivity index (χ2n) is 7.58. The number of rotatable bonds is 9. The largest absolute Gasteiger partial charge is 0.454 e. The fraction of sp³-hybridized carbons (Fsp3) is 0.348. The van der Waals surface area contributed by atoms with Gasteiger partial charge in [0.15, 0.2) is 12.4 Å². The van der Waals surface area contributed by atoms with Gasteiger partial charge < -0.3 is 14.6 Å². The number of fused-ring (bicyclic) bond motifs is 1. The summed E-state index contributed by atoms with van der Waals surface area (Å²) in [6.07, 6.45) is 2.95. The number of Topliss-reactive ketones (excluding diaryl/α,β-unsaturated/α-hetero) is 1. The highest BCUT2D eigenvalue weighted by atomic mass is 16.5. The van der Waals surface area contributed by atoms with E-state index in [2.05, 4.69) is 15.5 Å². The molecule has 1 N–H and O–H groups in total. The SMILES string of the molecule is CC(=O)NCCCc1ccc(C(=O)COC(=O)c2cnc3onc(C(C)C)c3c2)cc1. The lowest BCUT2D eigenvalue weighted by Crippen LogP contribution is -2.21. The van der Waals surface area contributed by atoms with Crippen LogP contribution in [0.5, 0.6) is 0 Å². The number of aromatic nitrogens is 2. The van der Waals surface area contributed by atoms with Crippen LogP contribution in [0, 0.1) is 0 Å². The third-order valence-corrected chi connectivity index (χ3v) is 4.77. The van der Waals surface area contributed by atoms with Gasteiger partial charge in [-0.15, -0.1) is 0 Å². The van der Waals surface area contributed by atoms with Crippen molar-refractivity contribution in [2.24, 2.45) is 0 Å². The molecule has 0 saturated carbocycles. The van der Waals surface area contributed by atoms with Crippen molar-refractivity contribution in [3.8, 4) is 0 Å². The van der Waals surface area contributed by atoms with Crippen LogP contribution < -0.4 is 5.32 Å². The molecule has 31 heavy (non-hydrogen) atoms. The minimum atomic E-state index is -0.631. The molecule has 3 rings (SSSR count). The summed E-state index contributed by atoms with van der Waals surface area (Å²) < 4.78 is 10.3. The van der Waals surface area contributed by atoms with Gasteiger partial charge in [0.2, 0.25) is 5.91 Å². The van der Waals surface area contributed by atoms with Crippen molar-refractivity contribution in [2.75, 3.05) is 13.2 Å². The Balaban J connectivity index is 1.55. The second kappa shape index (κ2) is 9.97. The molecule has 0 spiro atoms. The van der Waals surface area contributed by atoms with Crippen LogP contribution in [0.25, 0.3) is 11.1 Å². The van der Waals surface area contributed by atoms with E-state index in [1.165, 1.54) is 13.1 Å². The Morgan fingerprint density at radius 1 is 1.13 bits per heavy atom. The molecule has 0 aliphatic carbocycles. The number of esters is 1. The zero-order chi connectivity index (χ0) is 22.4. The molecule has 8 heteroatoms. The summed E-state index contributed by atoms with van der Waals surface area (Å²) >= 11 is 0. The highest BCUT2D eigenvalue weighted by molar-refractivity contribution is 6.00. The molecule has 2 heterocycles. The van der Waals surface area contributed by atoms with E-state index in [9.17, 15) is 14.4 Å². The molecule has 1 aromatic carbocycles. The van der Waals surface area contributed by atoms with Gasteiger partial charge in [0.25, 0.3) is 5.71 Å². The molecular weight excluding hydrogens is 398 g/mol. The van der Waals surface area contributed by atoms with E-state index >= 15 is 0 Å². The van der Waals surface area contributed by atoms with Crippen LogP contribution in [0.1, 0.15) is 65.1 Å². The zero-order valence-corrected chi connectivity index (χ0v) is 17.8. The lowest BCUT2D eigenvalue weighted by atomic mass is 10.1. The number of ketones is 1. The number of hydrogen-bond donors (Lipinski definition) is 1. The molecule has 1 amide bonds. The third kappa shape index (κ3) is 5.75. The molecular formula is C23H25N3O5. The predicted octanol–water partition coefficient (Wildman–Crippen LogP) is 3.45. The van der Waals surface area contributed by atoms with Gasteiger partial charge in [-0.25, -0.2) is 9.78 Å². The first kappa shape index (κ1) is 22.1. The first-order chi connectivity index (χ1) is 14.8. The lowest BCUT2D eigenvalue weighted by molar-refractivity contribution is -0.118. The Kier molecular flexibility index (Phi) is 7.12. The van der Waals surface area contributed by atoms with Crippen LogP contribution in [-0.4, -0.2) is 41.0 Å². The van der Waals surface area contributed by atoms with Crippen molar-refractivity contribution in [2.45, 2.75) is 39.5 Å². The van der Waals surface area contributed by atoms with Gasteiger partial charge in [-0.2, -0.15) is 0 Å². The maximum Gasteiger partial charge on any atom is 0.340 e. The average molecular weight is 423 g/mol. The Morgan fingerprint density at radius 2 is 1.87 bits per heavy atom. The minimum Gasteiger partial charge on any atom is -0.454 e. The van der Waals surface area contributed by atoms with Crippen LogP contribution in [0.15, 0.2) is 41.1 Å². The Labute approximate surface area is 180 Å². The van der Waals surface area contributed by atoms with Crippen molar-refractivity contribution >= 4 is 28.8 Å². The normalized spacial score (nSPS) is 11.0. The van der Waals surface area contributed by atoms with Gasteiger partial charge in [0.05, 0.1) is 16.6 Å². The topological polar surface area (TPSA) is 111 Å². The van der Waals surface area contributed by atoms with Gasteiger partial charge in [-0.05, 0) is 30.4 Å². The molecule has 2 aromatic heterocycles. The van der Waals surface area contributed by atoms with E-state index in [-0.39, 0.29) is 29.8 Å². The zero-order valence-electron chi connectivity index (χ0n) is 17.8. The number of nitrogens with one attached hydrogen (secondary N) is 1. The molecule has 0 fully saturated rings. The standard InChI is InChI=1S/C23H25N3O5/c1-14(2)21-19-11-18(12-25-22(19)31-26-21)23(29)30-13-20(28)17-8-6-16(7-9-17)5-4-10-24-15(3)27/h6-9,11-12,14H,4-5,10,13H2,1-3H3,(H,24,27). The van der Waals surface area contributed by atoms with Crippen molar-refractivity contribution in [1.29, 1.82) is 0 Å². The van der Waals surface area contributed by atoms with E-state index in [1.54, 1.807) is 18.2 Å². The molecule has 0 aliphatic heterocycles. The lowest BCUT2D eigenvalue weighted by Gasteiger charge is -2.06. The molecule has 0 aliphatic rings. The Morgan fingerprint density at radius 3 is 2.55 bits per heavy atom. The number of ether oxygens (including phenoxy) is 1. The number of pyridine rings is 1. The maximum absolute atomic E-state index is 12.4. The maximum atomic E-state index is 12.4. The van der Waals surface area contributed by atoms with Crippen molar-refractivity contribution in [3.05, 3.63) is 58.9 Å². The Hall–Kier alpha value is -3.55. The quantitative estimate of drug-likeness (QED) is 0.319. The van der Waals surface area contributed by atoms with Gasteiger partial charge >= 0.3 is 5.97 Å². The van der Waals surface area contributed by atoms with Gasteiger partial charge in [-0.3, -0.25) is 9.59 Å². The van der Waals surface area contributed by atoms with Crippen molar-refractivity contribution < 1.29 is 23.6 Å². The summed E-state index contributed by atoms with van der Waals surface area (Å²) in [5.74, 6) is -0.856. The number of amides is 1.